The molecule has 0 atom stereocenters. The SMILES string of the molecule is CC(=CC(=O)Nc1ccc(N2CCN(C)CC2)cc1)c1ccco1. The molecule has 0 saturated carbocycles. The fourth-order valence-corrected chi connectivity index (χ4v) is 2.77. The number of hydrogen-bond acceptors (Lipinski definition) is 4. The first-order valence-electron chi connectivity index (χ1n) is 8.18. The molecule has 24 heavy (non-hydrogen) atoms. The predicted molar refractivity (Wildman–Crippen MR) is 97.1 cm³/mol. The number of allylic oxidation sites excluding steroid dienone is 1. The molecule has 1 saturated heterocycles. The van der Waals surface area contributed by atoms with Crippen LogP contribution in [0.3, 0.4) is 0 Å². The fourth-order valence-electron chi connectivity index (χ4n) is 2.77. The highest BCUT2D eigenvalue weighted by molar-refractivity contribution is 6.03. The number of furan rings is 1. The molecule has 0 spiro atoms. The fraction of sp³-hybridized carbons (Fsp3) is 0.316. The van der Waals surface area contributed by atoms with Crippen LogP contribution in [-0.2, 0) is 4.79 Å². The summed E-state index contributed by atoms with van der Waals surface area (Å²) in [5.41, 5.74) is 2.79. The lowest BCUT2D eigenvalue weighted by atomic mass is 10.2. The molecule has 0 unspecified atom stereocenters. The zero-order valence-corrected chi connectivity index (χ0v) is 14.2. The molecule has 126 valence electrons. The highest BCUT2D eigenvalue weighted by atomic mass is 16.3. The van der Waals surface area contributed by atoms with Gasteiger partial charge in [-0.1, -0.05) is 0 Å². The van der Waals surface area contributed by atoms with Crippen LogP contribution in [0.15, 0.2) is 53.2 Å². The molecule has 1 fully saturated rings. The number of benzene rings is 1. The Bertz CT molecular complexity index is 697. The highest BCUT2D eigenvalue weighted by Crippen LogP contribution is 2.20. The van der Waals surface area contributed by atoms with Crippen molar-refractivity contribution >= 4 is 22.9 Å². The average Bonchev–Trinajstić information content (AvgIpc) is 3.11. The number of anilines is 2. The summed E-state index contributed by atoms with van der Waals surface area (Å²) < 4.78 is 5.28. The summed E-state index contributed by atoms with van der Waals surface area (Å²) in [4.78, 5) is 16.8. The van der Waals surface area contributed by atoms with E-state index < -0.39 is 0 Å². The molecule has 0 aliphatic carbocycles. The van der Waals surface area contributed by atoms with Crippen molar-refractivity contribution in [1.29, 1.82) is 0 Å². The Labute approximate surface area is 142 Å². The Morgan fingerprint density at radius 2 is 1.83 bits per heavy atom. The molecule has 3 rings (SSSR count). The van der Waals surface area contributed by atoms with Crippen molar-refractivity contribution in [2.75, 3.05) is 43.4 Å². The molecule has 1 aromatic carbocycles. The lowest BCUT2D eigenvalue weighted by molar-refractivity contribution is -0.111. The molecule has 1 aliphatic rings. The van der Waals surface area contributed by atoms with E-state index in [1.165, 1.54) is 5.69 Å². The van der Waals surface area contributed by atoms with Crippen LogP contribution in [0.1, 0.15) is 12.7 Å². The van der Waals surface area contributed by atoms with Crippen LogP contribution in [0.5, 0.6) is 0 Å². The maximum Gasteiger partial charge on any atom is 0.248 e. The van der Waals surface area contributed by atoms with Gasteiger partial charge in [-0.2, -0.15) is 0 Å². The lowest BCUT2D eigenvalue weighted by Gasteiger charge is -2.34. The zero-order valence-electron chi connectivity index (χ0n) is 14.2. The van der Waals surface area contributed by atoms with E-state index in [1.54, 1.807) is 12.3 Å². The lowest BCUT2D eigenvalue weighted by Crippen LogP contribution is -2.44. The van der Waals surface area contributed by atoms with E-state index in [9.17, 15) is 4.79 Å². The van der Waals surface area contributed by atoms with Gasteiger partial charge in [0.05, 0.1) is 6.26 Å². The Hall–Kier alpha value is -2.53. The summed E-state index contributed by atoms with van der Waals surface area (Å²) in [7, 11) is 2.15. The monoisotopic (exact) mass is 325 g/mol. The van der Waals surface area contributed by atoms with Crippen LogP contribution in [0.4, 0.5) is 11.4 Å². The van der Waals surface area contributed by atoms with E-state index in [0.29, 0.717) is 5.76 Å². The highest BCUT2D eigenvalue weighted by Gasteiger charge is 2.14. The second-order valence-electron chi connectivity index (χ2n) is 6.13. The summed E-state index contributed by atoms with van der Waals surface area (Å²) in [5.74, 6) is 0.548. The number of nitrogens with one attached hydrogen (secondary N) is 1. The van der Waals surface area contributed by atoms with Crippen molar-refractivity contribution in [3.05, 3.63) is 54.5 Å². The Balaban J connectivity index is 1.60. The van der Waals surface area contributed by atoms with Gasteiger partial charge < -0.3 is 19.5 Å². The van der Waals surface area contributed by atoms with Crippen molar-refractivity contribution in [2.24, 2.45) is 0 Å². The molecule has 0 radical (unpaired) electrons. The van der Waals surface area contributed by atoms with Crippen molar-refractivity contribution < 1.29 is 9.21 Å². The Morgan fingerprint density at radius 3 is 2.46 bits per heavy atom. The minimum absolute atomic E-state index is 0.156. The molecule has 5 heteroatoms. The molecule has 5 nitrogen and oxygen atoms in total. The first-order valence-corrected chi connectivity index (χ1v) is 8.18. The van der Waals surface area contributed by atoms with E-state index in [0.717, 1.165) is 37.4 Å². The van der Waals surface area contributed by atoms with Gasteiger partial charge in [0.15, 0.2) is 0 Å². The van der Waals surface area contributed by atoms with Gasteiger partial charge >= 0.3 is 0 Å². The molecule has 0 bridgehead atoms. The Kier molecular flexibility index (Phi) is 5.01. The van der Waals surface area contributed by atoms with Gasteiger partial charge in [0.25, 0.3) is 0 Å². The van der Waals surface area contributed by atoms with Gasteiger partial charge in [0.1, 0.15) is 5.76 Å². The van der Waals surface area contributed by atoms with E-state index in [1.807, 2.05) is 31.2 Å². The third-order valence-corrected chi connectivity index (χ3v) is 4.26. The maximum atomic E-state index is 12.1. The van der Waals surface area contributed by atoms with Crippen LogP contribution >= 0.6 is 0 Å². The number of likely N-dealkylation sites (N-methyl/N-ethyl adjacent to an activating group) is 1. The molecule has 1 aromatic heterocycles. The molecule has 1 amide bonds. The predicted octanol–water partition coefficient (Wildman–Crippen LogP) is 3.07. The molecule has 1 N–H and O–H groups in total. The van der Waals surface area contributed by atoms with Gasteiger partial charge in [0.2, 0.25) is 5.91 Å². The second kappa shape index (κ2) is 7.36. The van der Waals surface area contributed by atoms with E-state index in [2.05, 4.69) is 34.3 Å². The topological polar surface area (TPSA) is 48.7 Å². The second-order valence-corrected chi connectivity index (χ2v) is 6.13. The number of nitrogens with zero attached hydrogens (tertiary/aromatic N) is 2. The van der Waals surface area contributed by atoms with Crippen molar-refractivity contribution in [3.63, 3.8) is 0 Å². The van der Waals surface area contributed by atoms with E-state index >= 15 is 0 Å². The first-order chi connectivity index (χ1) is 11.6. The molecular formula is C19H23N3O2. The zero-order chi connectivity index (χ0) is 16.9. The number of rotatable bonds is 4. The number of hydrogen-bond donors (Lipinski definition) is 1. The van der Waals surface area contributed by atoms with Gasteiger partial charge in [-0.3, -0.25) is 4.79 Å². The van der Waals surface area contributed by atoms with Crippen molar-refractivity contribution in [2.45, 2.75) is 6.92 Å². The number of carbonyl (C=O) groups is 1. The van der Waals surface area contributed by atoms with Crippen LogP contribution in [0.25, 0.3) is 5.57 Å². The summed E-state index contributed by atoms with van der Waals surface area (Å²) in [5, 5.41) is 2.89. The molecule has 2 aromatic rings. The summed E-state index contributed by atoms with van der Waals surface area (Å²) in [6.07, 6.45) is 3.15. The van der Waals surface area contributed by atoms with Gasteiger partial charge in [-0.05, 0) is 55.9 Å². The number of amides is 1. The summed E-state index contributed by atoms with van der Waals surface area (Å²) in [6.45, 7) is 6.08. The van der Waals surface area contributed by atoms with E-state index in [4.69, 9.17) is 4.42 Å². The largest absolute Gasteiger partial charge is 0.465 e. The van der Waals surface area contributed by atoms with Gasteiger partial charge in [-0.25, -0.2) is 0 Å². The quantitative estimate of drug-likeness (QED) is 0.878. The van der Waals surface area contributed by atoms with Gasteiger partial charge in [0, 0.05) is 43.6 Å². The summed E-state index contributed by atoms with van der Waals surface area (Å²) >= 11 is 0. The minimum atomic E-state index is -0.156. The first kappa shape index (κ1) is 16.3. The third-order valence-electron chi connectivity index (χ3n) is 4.26. The van der Waals surface area contributed by atoms with Gasteiger partial charge in [-0.15, -0.1) is 0 Å². The molecular weight excluding hydrogens is 302 g/mol. The number of piperazine rings is 1. The minimum Gasteiger partial charge on any atom is -0.465 e. The molecule has 2 heterocycles. The normalized spacial score (nSPS) is 16.2. The maximum absolute atomic E-state index is 12.1. The van der Waals surface area contributed by atoms with Crippen molar-refractivity contribution in [1.82, 2.24) is 4.90 Å². The standard InChI is InChI=1S/C19H23N3O2/c1-15(18-4-3-13-24-18)14-19(23)20-16-5-7-17(8-6-16)22-11-9-21(2)10-12-22/h3-8,13-14H,9-12H2,1-2H3,(H,20,23). The van der Waals surface area contributed by atoms with Crippen LogP contribution in [0.2, 0.25) is 0 Å². The number of carbonyl (C=O) groups excluding carboxylic acids is 1. The average molecular weight is 325 g/mol. The van der Waals surface area contributed by atoms with Crippen LogP contribution < -0.4 is 10.2 Å². The molecule has 1 aliphatic heterocycles. The third kappa shape index (κ3) is 4.06. The smallest absolute Gasteiger partial charge is 0.248 e. The van der Waals surface area contributed by atoms with E-state index in [-0.39, 0.29) is 5.91 Å². The Morgan fingerprint density at radius 1 is 1.12 bits per heavy atom. The van der Waals surface area contributed by atoms with Crippen LogP contribution in [0, 0.1) is 0 Å². The van der Waals surface area contributed by atoms with Crippen molar-refractivity contribution in [3.8, 4) is 0 Å². The summed E-state index contributed by atoms with van der Waals surface area (Å²) in [6, 6.07) is 11.7. The van der Waals surface area contributed by atoms with Crippen LogP contribution in [-0.4, -0.2) is 44.0 Å².